The molecule has 0 spiro atoms. The maximum atomic E-state index is 12.4. The summed E-state index contributed by atoms with van der Waals surface area (Å²) in [5.74, 6) is 1.12. The molecular weight excluding hydrogens is 468 g/mol. The van der Waals surface area contributed by atoms with Gasteiger partial charge in [-0.25, -0.2) is 4.79 Å². The number of nitrogens with one attached hydrogen (secondary N) is 1. The van der Waals surface area contributed by atoms with Gasteiger partial charge in [0.1, 0.15) is 17.9 Å². The van der Waals surface area contributed by atoms with Gasteiger partial charge in [-0.2, -0.15) is 5.10 Å². The number of benzene rings is 3. The van der Waals surface area contributed by atoms with E-state index in [9.17, 15) is 4.79 Å². The van der Waals surface area contributed by atoms with Crippen LogP contribution in [0.25, 0.3) is 22.0 Å². The zero-order chi connectivity index (χ0) is 25.8. The quantitative estimate of drug-likeness (QED) is 0.331. The minimum Gasteiger partial charge on any atom is -0.490 e. The molecule has 1 saturated heterocycles. The number of nitrogens with zero attached hydrogens (tertiary/aromatic N) is 3. The number of aryl methyl sites for hydroxylation is 1. The van der Waals surface area contributed by atoms with Gasteiger partial charge in [-0.05, 0) is 59.5 Å². The van der Waals surface area contributed by atoms with Crippen LogP contribution in [0.15, 0.2) is 60.7 Å². The normalized spacial score (nSPS) is 14.1. The number of hydrogen-bond acceptors (Lipinski definition) is 6. The number of urea groups is 1. The van der Waals surface area contributed by atoms with Gasteiger partial charge in [0.25, 0.3) is 0 Å². The third-order valence-corrected chi connectivity index (χ3v) is 6.71. The third-order valence-electron chi connectivity index (χ3n) is 6.71. The van der Waals surface area contributed by atoms with Crippen molar-refractivity contribution >= 4 is 34.1 Å². The van der Waals surface area contributed by atoms with Gasteiger partial charge in [-0.15, -0.1) is 0 Å². The van der Waals surface area contributed by atoms with Crippen LogP contribution in [0.1, 0.15) is 12.5 Å². The van der Waals surface area contributed by atoms with Crippen molar-refractivity contribution < 1.29 is 14.3 Å². The Balaban J connectivity index is 1.39. The van der Waals surface area contributed by atoms with Crippen LogP contribution in [-0.4, -0.2) is 60.6 Å². The molecule has 0 bridgehead atoms. The van der Waals surface area contributed by atoms with Crippen molar-refractivity contribution in [2.24, 2.45) is 5.73 Å². The lowest BCUT2D eigenvalue weighted by Crippen LogP contribution is -2.38. The zero-order valence-corrected chi connectivity index (χ0v) is 20.9. The number of ether oxygens (including phenoxy) is 2. The lowest BCUT2D eigenvalue weighted by molar-refractivity contribution is 0.0323. The first-order valence-corrected chi connectivity index (χ1v) is 12.5. The van der Waals surface area contributed by atoms with Crippen molar-refractivity contribution in [3.63, 3.8) is 0 Å². The van der Waals surface area contributed by atoms with Crippen molar-refractivity contribution in [2.45, 2.75) is 13.3 Å². The molecule has 1 fully saturated rings. The average Bonchev–Trinajstić information content (AvgIpc) is 3.32. The largest absolute Gasteiger partial charge is 0.490 e. The van der Waals surface area contributed by atoms with Crippen molar-refractivity contribution in [1.82, 2.24) is 15.1 Å². The lowest BCUT2D eigenvalue weighted by atomic mass is 10.0. The van der Waals surface area contributed by atoms with Crippen LogP contribution >= 0.6 is 0 Å². The van der Waals surface area contributed by atoms with Crippen molar-refractivity contribution in [3.05, 3.63) is 66.2 Å². The monoisotopic (exact) mass is 500 g/mol. The minimum absolute atomic E-state index is 0.405. The molecular formula is C28H32N6O3. The highest BCUT2D eigenvalue weighted by Crippen LogP contribution is 2.37. The minimum atomic E-state index is -0.541. The summed E-state index contributed by atoms with van der Waals surface area (Å²) in [4.78, 5) is 16.2. The number of primary amides is 1. The first-order valence-electron chi connectivity index (χ1n) is 12.5. The predicted octanol–water partition coefficient (Wildman–Crippen LogP) is 4.30. The summed E-state index contributed by atoms with van der Waals surface area (Å²) in [5.41, 5.74) is 17.2. The van der Waals surface area contributed by atoms with Gasteiger partial charge in [0.2, 0.25) is 0 Å². The summed E-state index contributed by atoms with van der Waals surface area (Å²) >= 11 is 0. The summed E-state index contributed by atoms with van der Waals surface area (Å²) in [6.45, 7) is 6.82. The fourth-order valence-electron chi connectivity index (χ4n) is 4.71. The van der Waals surface area contributed by atoms with Crippen LogP contribution in [0.3, 0.4) is 0 Å². The fourth-order valence-corrected chi connectivity index (χ4v) is 4.71. The number of hydrogen-bond donors (Lipinski definition) is 3. The highest BCUT2D eigenvalue weighted by molar-refractivity contribution is 6.04. The number of nitrogens with two attached hydrogens (primary N) is 2. The number of carbonyl (C=O) groups excluding carboxylic acids is 1. The second-order valence-electron chi connectivity index (χ2n) is 9.02. The van der Waals surface area contributed by atoms with Gasteiger partial charge in [0.05, 0.1) is 30.0 Å². The summed E-state index contributed by atoms with van der Waals surface area (Å²) in [6.07, 6.45) is 0.869. The second kappa shape index (κ2) is 10.9. The maximum absolute atomic E-state index is 12.4. The molecule has 0 unspecified atom stereocenters. The van der Waals surface area contributed by atoms with E-state index in [-0.39, 0.29) is 0 Å². The molecule has 0 saturated carbocycles. The molecule has 192 valence electrons. The van der Waals surface area contributed by atoms with Crippen molar-refractivity contribution in [2.75, 3.05) is 50.1 Å². The number of rotatable bonds is 8. The number of nitrogen functional groups attached to an aromatic ring is 1. The number of H-pyrrole nitrogens is 1. The highest BCUT2D eigenvalue weighted by Gasteiger charge is 2.18. The SMILES string of the molecule is CCc1cccc(N(C(N)=O)c2ccc(-c3ccc(OCCN4CCOCC4)c4[nH]nc(N)c34)cc2)c1. The van der Waals surface area contributed by atoms with E-state index in [1.807, 2.05) is 60.7 Å². The molecule has 9 nitrogen and oxygen atoms in total. The van der Waals surface area contributed by atoms with Crippen LogP contribution in [0.4, 0.5) is 22.0 Å². The molecule has 1 aliphatic heterocycles. The smallest absolute Gasteiger partial charge is 0.323 e. The molecule has 37 heavy (non-hydrogen) atoms. The van der Waals surface area contributed by atoms with Crippen LogP contribution < -0.4 is 21.1 Å². The molecule has 1 aromatic heterocycles. The summed E-state index contributed by atoms with van der Waals surface area (Å²) in [6, 6.07) is 18.9. The molecule has 1 aliphatic rings. The Morgan fingerprint density at radius 1 is 1.11 bits per heavy atom. The first kappa shape index (κ1) is 24.6. The Labute approximate surface area is 215 Å². The zero-order valence-electron chi connectivity index (χ0n) is 20.9. The number of morpholine rings is 1. The topological polar surface area (TPSA) is 123 Å². The lowest BCUT2D eigenvalue weighted by Gasteiger charge is -2.26. The van der Waals surface area contributed by atoms with E-state index in [2.05, 4.69) is 22.0 Å². The van der Waals surface area contributed by atoms with Gasteiger partial charge in [0, 0.05) is 19.6 Å². The molecule has 0 radical (unpaired) electrons. The van der Waals surface area contributed by atoms with E-state index < -0.39 is 6.03 Å². The molecule has 0 aliphatic carbocycles. The third kappa shape index (κ3) is 5.23. The van der Waals surface area contributed by atoms with Gasteiger partial charge < -0.3 is 20.9 Å². The van der Waals surface area contributed by atoms with Gasteiger partial charge in [-0.1, -0.05) is 31.2 Å². The standard InChI is InChI=1S/C28H32N6O3/c1-2-19-4-3-5-22(18-19)34(28(30)35)21-8-6-20(7-9-21)23-10-11-24(26-25(23)27(29)32-31-26)37-17-14-33-12-15-36-16-13-33/h3-11,18H,2,12-17H2,1H3,(H2,30,35)(H3,29,31,32). The predicted molar refractivity (Wildman–Crippen MR) is 146 cm³/mol. The van der Waals surface area contributed by atoms with E-state index in [0.29, 0.717) is 23.9 Å². The number of aromatic nitrogens is 2. The van der Waals surface area contributed by atoms with Crippen molar-refractivity contribution in [1.29, 1.82) is 0 Å². The van der Waals surface area contributed by atoms with Crippen LogP contribution in [0.5, 0.6) is 5.75 Å². The number of carbonyl (C=O) groups is 1. The highest BCUT2D eigenvalue weighted by atomic mass is 16.5. The Bertz CT molecular complexity index is 1380. The molecule has 2 heterocycles. The Hall–Kier alpha value is -4.08. The molecule has 9 heteroatoms. The van der Waals surface area contributed by atoms with Crippen molar-refractivity contribution in [3.8, 4) is 16.9 Å². The fraction of sp³-hybridized carbons (Fsp3) is 0.286. The molecule has 0 atom stereocenters. The molecule has 3 aromatic carbocycles. The summed E-state index contributed by atoms with van der Waals surface area (Å²) in [5, 5.41) is 8.08. The van der Waals surface area contributed by atoms with Crippen LogP contribution in [0, 0.1) is 0 Å². The van der Waals surface area contributed by atoms with E-state index >= 15 is 0 Å². The van der Waals surface area contributed by atoms with E-state index in [4.69, 9.17) is 20.9 Å². The molecule has 4 aromatic rings. The average molecular weight is 501 g/mol. The molecule has 2 amide bonds. The van der Waals surface area contributed by atoms with Crippen LogP contribution in [0.2, 0.25) is 0 Å². The maximum Gasteiger partial charge on any atom is 0.323 e. The molecule has 5 N–H and O–H groups in total. The molecule has 5 rings (SSSR count). The summed E-state index contributed by atoms with van der Waals surface area (Å²) < 4.78 is 11.5. The van der Waals surface area contributed by atoms with Gasteiger partial charge in [-0.3, -0.25) is 14.9 Å². The van der Waals surface area contributed by atoms with E-state index in [1.54, 1.807) is 0 Å². The number of amides is 2. The van der Waals surface area contributed by atoms with E-state index in [0.717, 1.165) is 72.5 Å². The van der Waals surface area contributed by atoms with Crippen LogP contribution in [-0.2, 0) is 11.2 Å². The van der Waals surface area contributed by atoms with Gasteiger partial charge >= 0.3 is 6.03 Å². The number of fused-ring (bicyclic) bond motifs is 1. The summed E-state index contributed by atoms with van der Waals surface area (Å²) in [7, 11) is 0. The van der Waals surface area contributed by atoms with Gasteiger partial charge in [0.15, 0.2) is 5.82 Å². The second-order valence-corrected chi connectivity index (χ2v) is 9.02. The Kier molecular flexibility index (Phi) is 7.25. The Morgan fingerprint density at radius 3 is 2.62 bits per heavy atom. The number of anilines is 3. The Morgan fingerprint density at radius 2 is 1.89 bits per heavy atom. The number of aromatic amines is 1. The van der Waals surface area contributed by atoms with E-state index in [1.165, 1.54) is 4.90 Å². The first-order chi connectivity index (χ1) is 18.0.